The summed E-state index contributed by atoms with van der Waals surface area (Å²) in [6.07, 6.45) is 5.02. The molecule has 0 rings (SSSR count). The lowest BCUT2D eigenvalue weighted by atomic mass is 10.3. The van der Waals surface area contributed by atoms with Crippen molar-refractivity contribution in [1.82, 2.24) is 0 Å². The Labute approximate surface area is 71.0 Å². The fourth-order valence-corrected chi connectivity index (χ4v) is 2.52. The molecule has 0 aliphatic carbocycles. The standard InChI is InChI=1S/C9H19NSi/c1-5-6-9(7-8-10)11(2,3)4/h5-6H,1,7-8,10H2,2-4H3. The van der Waals surface area contributed by atoms with Crippen LogP contribution in [0.15, 0.2) is 23.9 Å². The van der Waals surface area contributed by atoms with Gasteiger partial charge in [0.2, 0.25) is 0 Å². The van der Waals surface area contributed by atoms with Gasteiger partial charge in [-0.1, -0.05) is 43.6 Å². The zero-order valence-corrected chi connectivity index (χ0v) is 8.85. The molecule has 0 fully saturated rings. The van der Waals surface area contributed by atoms with Crippen LogP contribution in [0.1, 0.15) is 6.42 Å². The molecule has 0 aromatic heterocycles. The molecule has 2 N–H and O–H groups in total. The highest BCUT2D eigenvalue weighted by atomic mass is 28.3. The largest absolute Gasteiger partial charge is 0.330 e. The van der Waals surface area contributed by atoms with Gasteiger partial charge >= 0.3 is 0 Å². The summed E-state index contributed by atoms with van der Waals surface area (Å²) < 4.78 is 0. The highest BCUT2D eigenvalue weighted by molar-refractivity contribution is 6.83. The normalized spacial score (nSPS) is 13.3. The van der Waals surface area contributed by atoms with E-state index in [1.165, 1.54) is 5.20 Å². The zero-order valence-electron chi connectivity index (χ0n) is 7.85. The van der Waals surface area contributed by atoms with Crippen molar-refractivity contribution in [3.63, 3.8) is 0 Å². The molecule has 0 saturated carbocycles. The number of allylic oxidation sites excluding steroid dienone is 2. The molecule has 2 heteroatoms. The predicted molar refractivity (Wildman–Crippen MR) is 55.3 cm³/mol. The van der Waals surface area contributed by atoms with Crippen LogP contribution in [0.25, 0.3) is 0 Å². The Kier molecular flexibility index (Phi) is 4.38. The fraction of sp³-hybridized carbons (Fsp3) is 0.556. The Hall–Kier alpha value is -0.343. The summed E-state index contributed by atoms with van der Waals surface area (Å²) in [5.74, 6) is 0. The third-order valence-corrected chi connectivity index (χ3v) is 4.04. The molecule has 64 valence electrons. The molecule has 0 aliphatic rings. The van der Waals surface area contributed by atoms with Crippen molar-refractivity contribution >= 4 is 8.07 Å². The second-order valence-corrected chi connectivity index (χ2v) is 8.86. The molecule has 0 radical (unpaired) electrons. The van der Waals surface area contributed by atoms with Gasteiger partial charge < -0.3 is 5.73 Å². The highest BCUT2D eigenvalue weighted by Gasteiger charge is 2.17. The molecule has 0 aromatic rings. The molecule has 0 bridgehead atoms. The topological polar surface area (TPSA) is 26.0 Å². The Bertz CT molecular complexity index is 153. The molecular formula is C9H19NSi. The maximum atomic E-state index is 5.50. The molecule has 0 heterocycles. The molecule has 0 unspecified atom stereocenters. The molecular weight excluding hydrogens is 150 g/mol. The van der Waals surface area contributed by atoms with E-state index < -0.39 is 8.07 Å². The van der Waals surface area contributed by atoms with Crippen molar-refractivity contribution in [2.24, 2.45) is 5.73 Å². The van der Waals surface area contributed by atoms with Crippen LogP contribution >= 0.6 is 0 Å². The first-order chi connectivity index (χ1) is 5.02. The summed E-state index contributed by atoms with van der Waals surface area (Å²) in [5.41, 5.74) is 5.50. The number of hydrogen-bond donors (Lipinski definition) is 1. The van der Waals surface area contributed by atoms with Crippen LogP contribution in [0.2, 0.25) is 19.6 Å². The average Bonchev–Trinajstić information content (AvgIpc) is 1.85. The Morgan fingerprint density at radius 3 is 2.27 bits per heavy atom. The van der Waals surface area contributed by atoms with Crippen LogP contribution in [0.5, 0.6) is 0 Å². The molecule has 0 aromatic carbocycles. The first kappa shape index (κ1) is 10.7. The Morgan fingerprint density at radius 2 is 2.00 bits per heavy atom. The van der Waals surface area contributed by atoms with Crippen molar-refractivity contribution in [2.45, 2.75) is 26.1 Å². The molecule has 0 spiro atoms. The van der Waals surface area contributed by atoms with E-state index in [2.05, 4.69) is 32.3 Å². The van der Waals surface area contributed by atoms with Gasteiger partial charge in [-0.2, -0.15) is 0 Å². The first-order valence-corrected chi connectivity index (χ1v) is 7.54. The van der Waals surface area contributed by atoms with E-state index >= 15 is 0 Å². The van der Waals surface area contributed by atoms with Crippen LogP contribution < -0.4 is 5.73 Å². The number of hydrogen-bond acceptors (Lipinski definition) is 1. The summed E-state index contributed by atoms with van der Waals surface area (Å²) in [7, 11) is -1.12. The van der Waals surface area contributed by atoms with Crippen molar-refractivity contribution in [1.29, 1.82) is 0 Å². The lowest BCUT2D eigenvalue weighted by molar-refractivity contribution is 0.983. The lowest BCUT2D eigenvalue weighted by Crippen LogP contribution is -2.25. The third kappa shape index (κ3) is 4.17. The average molecular weight is 169 g/mol. The van der Waals surface area contributed by atoms with E-state index in [0.717, 1.165) is 13.0 Å². The van der Waals surface area contributed by atoms with Crippen molar-refractivity contribution in [2.75, 3.05) is 6.54 Å². The van der Waals surface area contributed by atoms with Crippen molar-refractivity contribution in [3.8, 4) is 0 Å². The minimum atomic E-state index is -1.12. The van der Waals surface area contributed by atoms with E-state index in [0.29, 0.717) is 0 Å². The summed E-state index contributed by atoms with van der Waals surface area (Å²) in [5, 5.41) is 1.51. The van der Waals surface area contributed by atoms with Gasteiger partial charge in [-0.25, -0.2) is 0 Å². The van der Waals surface area contributed by atoms with Gasteiger partial charge in [0, 0.05) is 0 Å². The fourth-order valence-electron chi connectivity index (χ4n) is 1.01. The highest BCUT2D eigenvalue weighted by Crippen LogP contribution is 2.16. The van der Waals surface area contributed by atoms with Crippen molar-refractivity contribution in [3.05, 3.63) is 23.9 Å². The Balaban J connectivity index is 4.34. The van der Waals surface area contributed by atoms with Crippen LogP contribution in [0.4, 0.5) is 0 Å². The maximum absolute atomic E-state index is 5.50. The summed E-state index contributed by atoms with van der Waals surface area (Å²) in [4.78, 5) is 0. The van der Waals surface area contributed by atoms with Gasteiger partial charge in [0.25, 0.3) is 0 Å². The third-order valence-electron chi connectivity index (χ3n) is 1.70. The van der Waals surface area contributed by atoms with Gasteiger partial charge in [0.05, 0.1) is 8.07 Å². The molecule has 11 heavy (non-hydrogen) atoms. The summed E-state index contributed by atoms with van der Waals surface area (Å²) in [6, 6.07) is 0. The predicted octanol–water partition coefficient (Wildman–Crippen LogP) is 2.33. The SMILES string of the molecule is C=CC=C(CCN)[Si](C)(C)C. The smallest absolute Gasteiger partial charge is 0.0724 e. The van der Waals surface area contributed by atoms with Crippen LogP contribution in [0, 0.1) is 0 Å². The van der Waals surface area contributed by atoms with E-state index in [1.54, 1.807) is 0 Å². The molecule has 0 amide bonds. The number of rotatable bonds is 4. The minimum absolute atomic E-state index is 0.754. The molecule has 0 atom stereocenters. The summed E-state index contributed by atoms with van der Waals surface area (Å²) in [6.45, 7) is 11.4. The lowest BCUT2D eigenvalue weighted by Gasteiger charge is -2.19. The molecule has 1 nitrogen and oxygen atoms in total. The second-order valence-electron chi connectivity index (χ2n) is 3.72. The zero-order chi connectivity index (χ0) is 8.91. The molecule has 0 saturated heterocycles. The van der Waals surface area contributed by atoms with Gasteiger partial charge in [0.1, 0.15) is 0 Å². The van der Waals surface area contributed by atoms with E-state index in [-0.39, 0.29) is 0 Å². The van der Waals surface area contributed by atoms with Gasteiger partial charge in [-0.15, -0.1) is 0 Å². The summed E-state index contributed by atoms with van der Waals surface area (Å²) >= 11 is 0. The van der Waals surface area contributed by atoms with Crippen molar-refractivity contribution < 1.29 is 0 Å². The van der Waals surface area contributed by atoms with Gasteiger partial charge in [-0.3, -0.25) is 0 Å². The number of nitrogens with two attached hydrogens (primary N) is 1. The van der Waals surface area contributed by atoms with Gasteiger partial charge in [0.15, 0.2) is 0 Å². The quantitative estimate of drug-likeness (QED) is 0.507. The Morgan fingerprint density at radius 1 is 1.45 bits per heavy atom. The van der Waals surface area contributed by atoms with Crippen LogP contribution in [0.3, 0.4) is 0 Å². The van der Waals surface area contributed by atoms with E-state index in [4.69, 9.17) is 5.73 Å². The first-order valence-electron chi connectivity index (χ1n) is 4.04. The van der Waals surface area contributed by atoms with Crippen LogP contribution in [-0.4, -0.2) is 14.6 Å². The van der Waals surface area contributed by atoms with Crippen LogP contribution in [-0.2, 0) is 0 Å². The maximum Gasteiger partial charge on any atom is 0.0724 e. The van der Waals surface area contributed by atoms with Gasteiger partial charge in [-0.05, 0) is 13.0 Å². The molecule has 0 aliphatic heterocycles. The van der Waals surface area contributed by atoms with E-state index in [9.17, 15) is 0 Å². The minimum Gasteiger partial charge on any atom is -0.330 e. The monoisotopic (exact) mass is 169 g/mol. The van der Waals surface area contributed by atoms with E-state index in [1.807, 2.05) is 6.08 Å². The second kappa shape index (κ2) is 4.52.